The molecule has 66 valence electrons. The molecule has 1 aromatic carbocycles. The van der Waals surface area contributed by atoms with E-state index >= 15 is 0 Å². The normalized spacial score (nSPS) is 10.3. The molecule has 13 heavy (non-hydrogen) atoms. The van der Waals surface area contributed by atoms with E-state index in [0.717, 1.165) is 11.1 Å². The van der Waals surface area contributed by atoms with Crippen LogP contribution in [0.3, 0.4) is 0 Å². The minimum absolute atomic E-state index is 0.670. The van der Waals surface area contributed by atoms with E-state index in [-0.39, 0.29) is 0 Å². The van der Waals surface area contributed by atoms with Crippen molar-refractivity contribution >= 4 is 34.5 Å². The van der Waals surface area contributed by atoms with Crippen LogP contribution >= 0.6 is 34.5 Å². The maximum absolute atomic E-state index is 6.04. The fourth-order valence-corrected chi connectivity index (χ4v) is 2.31. The van der Waals surface area contributed by atoms with Crippen LogP contribution in [-0.2, 0) is 0 Å². The van der Waals surface area contributed by atoms with Crippen LogP contribution in [-0.4, -0.2) is 0 Å². The Balaban J connectivity index is 2.53. The van der Waals surface area contributed by atoms with E-state index in [4.69, 9.17) is 23.2 Å². The van der Waals surface area contributed by atoms with Gasteiger partial charge >= 0.3 is 0 Å². The quantitative estimate of drug-likeness (QED) is 0.663. The van der Waals surface area contributed by atoms with Gasteiger partial charge in [-0.2, -0.15) is 11.3 Å². The van der Waals surface area contributed by atoms with E-state index in [9.17, 15) is 0 Å². The molecule has 0 spiro atoms. The second-order valence-corrected chi connectivity index (χ2v) is 4.26. The Morgan fingerprint density at radius 3 is 2.54 bits per heavy atom. The summed E-state index contributed by atoms with van der Waals surface area (Å²) in [6.45, 7) is 0. The molecule has 0 unspecified atom stereocenters. The molecular formula is C10H6Cl2S. The van der Waals surface area contributed by atoms with E-state index in [1.807, 2.05) is 23.6 Å². The first kappa shape index (κ1) is 9.07. The first-order valence-electron chi connectivity index (χ1n) is 3.75. The van der Waals surface area contributed by atoms with Crippen LogP contribution < -0.4 is 0 Å². The zero-order valence-corrected chi connectivity index (χ0v) is 8.96. The van der Waals surface area contributed by atoms with Crippen molar-refractivity contribution in [3.8, 4) is 11.1 Å². The fraction of sp³-hybridized carbons (Fsp3) is 0. The van der Waals surface area contributed by atoms with Gasteiger partial charge in [0.2, 0.25) is 0 Å². The van der Waals surface area contributed by atoms with Crippen molar-refractivity contribution < 1.29 is 0 Å². The Hall–Kier alpha value is -0.500. The van der Waals surface area contributed by atoms with E-state index < -0.39 is 0 Å². The second-order valence-electron chi connectivity index (χ2n) is 2.64. The standard InChI is InChI=1S/C10H6Cl2S/c11-8-1-2-9(10(12)5-8)7-3-4-13-6-7/h1-6H. The van der Waals surface area contributed by atoms with Gasteiger partial charge in [-0.25, -0.2) is 0 Å². The van der Waals surface area contributed by atoms with Gasteiger partial charge in [0.25, 0.3) is 0 Å². The number of benzene rings is 1. The summed E-state index contributed by atoms with van der Waals surface area (Å²) >= 11 is 13.5. The van der Waals surface area contributed by atoms with Gasteiger partial charge in [0, 0.05) is 15.6 Å². The van der Waals surface area contributed by atoms with Gasteiger partial charge in [0.05, 0.1) is 0 Å². The molecule has 1 heterocycles. The highest BCUT2D eigenvalue weighted by atomic mass is 35.5. The molecule has 0 fully saturated rings. The van der Waals surface area contributed by atoms with Gasteiger partial charge in [-0.15, -0.1) is 0 Å². The lowest BCUT2D eigenvalue weighted by molar-refractivity contribution is 1.67. The molecule has 0 radical (unpaired) electrons. The number of hydrogen-bond acceptors (Lipinski definition) is 1. The predicted octanol–water partition coefficient (Wildman–Crippen LogP) is 4.72. The molecule has 2 rings (SSSR count). The Labute approximate surface area is 90.7 Å². The first-order valence-corrected chi connectivity index (χ1v) is 5.45. The lowest BCUT2D eigenvalue weighted by Crippen LogP contribution is -1.75. The van der Waals surface area contributed by atoms with Crippen LogP contribution in [0.1, 0.15) is 0 Å². The molecule has 0 N–H and O–H groups in total. The second kappa shape index (κ2) is 3.70. The minimum Gasteiger partial charge on any atom is -0.152 e. The number of hydrogen-bond donors (Lipinski definition) is 0. The van der Waals surface area contributed by atoms with Gasteiger partial charge in [0.1, 0.15) is 0 Å². The summed E-state index contributed by atoms with van der Waals surface area (Å²) in [4.78, 5) is 0. The van der Waals surface area contributed by atoms with Crippen molar-refractivity contribution in [1.29, 1.82) is 0 Å². The van der Waals surface area contributed by atoms with Gasteiger partial charge in [-0.3, -0.25) is 0 Å². The molecule has 0 nitrogen and oxygen atoms in total. The summed E-state index contributed by atoms with van der Waals surface area (Å²) < 4.78 is 0. The van der Waals surface area contributed by atoms with Crippen LogP contribution in [0.5, 0.6) is 0 Å². The third-order valence-corrected chi connectivity index (χ3v) is 2.99. The summed E-state index contributed by atoms with van der Waals surface area (Å²) in [6, 6.07) is 7.59. The average Bonchev–Trinajstić information content (AvgIpc) is 2.56. The largest absolute Gasteiger partial charge is 0.152 e. The molecule has 0 saturated carbocycles. The maximum atomic E-state index is 6.04. The van der Waals surface area contributed by atoms with Crippen LogP contribution in [0.15, 0.2) is 35.0 Å². The van der Waals surface area contributed by atoms with Crippen LogP contribution in [0, 0.1) is 0 Å². The van der Waals surface area contributed by atoms with Crippen molar-refractivity contribution in [1.82, 2.24) is 0 Å². The Kier molecular flexibility index (Phi) is 2.58. The number of rotatable bonds is 1. The van der Waals surface area contributed by atoms with Crippen LogP contribution in [0.2, 0.25) is 10.0 Å². The molecule has 3 heteroatoms. The Morgan fingerprint density at radius 1 is 1.08 bits per heavy atom. The first-order chi connectivity index (χ1) is 6.27. The molecule has 0 saturated heterocycles. The van der Waals surface area contributed by atoms with Gasteiger partial charge < -0.3 is 0 Å². The predicted molar refractivity (Wildman–Crippen MR) is 59.8 cm³/mol. The zero-order valence-electron chi connectivity index (χ0n) is 6.63. The molecule has 2 aromatic rings. The smallest absolute Gasteiger partial charge is 0.0499 e. The van der Waals surface area contributed by atoms with Gasteiger partial charge in [0.15, 0.2) is 0 Å². The molecule has 0 bridgehead atoms. The lowest BCUT2D eigenvalue weighted by Gasteiger charge is -2.01. The van der Waals surface area contributed by atoms with E-state index in [1.165, 1.54) is 0 Å². The number of halogens is 2. The minimum atomic E-state index is 0.670. The highest BCUT2D eigenvalue weighted by Crippen LogP contribution is 2.31. The van der Waals surface area contributed by atoms with Crippen molar-refractivity contribution in [3.63, 3.8) is 0 Å². The zero-order chi connectivity index (χ0) is 9.26. The summed E-state index contributed by atoms with van der Waals surface area (Å²) in [5.41, 5.74) is 2.18. The Bertz CT molecular complexity index is 407. The molecular weight excluding hydrogens is 223 g/mol. The van der Waals surface area contributed by atoms with E-state index in [2.05, 4.69) is 5.38 Å². The lowest BCUT2D eigenvalue weighted by atomic mass is 10.1. The molecule has 0 aliphatic rings. The summed E-state index contributed by atoms with van der Waals surface area (Å²) in [6.07, 6.45) is 0. The van der Waals surface area contributed by atoms with Gasteiger partial charge in [-0.05, 0) is 34.5 Å². The molecule has 0 aliphatic carbocycles. The molecule has 0 amide bonds. The SMILES string of the molecule is Clc1ccc(-c2ccsc2)c(Cl)c1. The van der Waals surface area contributed by atoms with Crippen molar-refractivity contribution in [2.24, 2.45) is 0 Å². The van der Waals surface area contributed by atoms with E-state index in [1.54, 1.807) is 17.4 Å². The van der Waals surface area contributed by atoms with Crippen molar-refractivity contribution in [3.05, 3.63) is 45.1 Å². The molecule has 0 aliphatic heterocycles. The average molecular weight is 229 g/mol. The third kappa shape index (κ3) is 1.88. The summed E-state index contributed by atoms with van der Waals surface area (Å²) in [7, 11) is 0. The maximum Gasteiger partial charge on any atom is 0.0499 e. The van der Waals surface area contributed by atoms with Crippen LogP contribution in [0.25, 0.3) is 11.1 Å². The van der Waals surface area contributed by atoms with Crippen molar-refractivity contribution in [2.75, 3.05) is 0 Å². The monoisotopic (exact) mass is 228 g/mol. The molecule has 1 aromatic heterocycles. The highest BCUT2D eigenvalue weighted by Gasteiger charge is 2.03. The molecule has 0 atom stereocenters. The topological polar surface area (TPSA) is 0 Å². The van der Waals surface area contributed by atoms with Crippen LogP contribution in [0.4, 0.5) is 0 Å². The van der Waals surface area contributed by atoms with E-state index in [0.29, 0.717) is 10.0 Å². The van der Waals surface area contributed by atoms with Crippen molar-refractivity contribution in [2.45, 2.75) is 0 Å². The Morgan fingerprint density at radius 2 is 1.92 bits per heavy atom. The van der Waals surface area contributed by atoms with Gasteiger partial charge in [-0.1, -0.05) is 29.3 Å². The number of thiophene rings is 1. The summed E-state index contributed by atoms with van der Waals surface area (Å²) in [5, 5.41) is 5.46. The highest BCUT2D eigenvalue weighted by molar-refractivity contribution is 7.08. The fourth-order valence-electron chi connectivity index (χ4n) is 1.14. The summed E-state index contributed by atoms with van der Waals surface area (Å²) in [5.74, 6) is 0. The third-order valence-electron chi connectivity index (χ3n) is 1.76.